The Bertz CT molecular complexity index is 381. The van der Waals surface area contributed by atoms with Crippen molar-refractivity contribution in [2.24, 2.45) is 0 Å². The second kappa shape index (κ2) is 3.55. The topological polar surface area (TPSA) is 3.24 Å². The Kier molecular flexibility index (Phi) is 2.19. The van der Waals surface area contributed by atoms with Crippen molar-refractivity contribution >= 4 is 5.69 Å². The van der Waals surface area contributed by atoms with Crippen LogP contribution in [0.3, 0.4) is 0 Å². The summed E-state index contributed by atoms with van der Waals surface area (Å²) < 4.78 is 0. The van der Waals surface area contributed by atoms with E-state index in [9.17, 15) is 0 Å². The minimum absolute atomic E-state index is 1.28. The lowest BCUT2D eigenvalue weighted by Gasteiger charge is -2.32. The third-order valence-electron chi connectivity index (χ3n) is 3.90. The molecular formula is C14H19N. The highest BCUT2D eigenvalue weighted by atomic mass is 15.1. The second-order valence-corrected chi connectivity index (χ2v) is 4.92. The predicted octanol–water partition coefficient (Wildman–Crippen LogP) is 3.08. The molecule has 0 bridgehead atoms. The molecule has 2 aliphatic rings. The SMILES string of the molecule is Cc1ccc2c3c1CCCCN3CCC2. The molecule has 0 saturated carbocycles. The van der Waals surface area contributed by atoms with Crippen molar-refractivity contribution in [3.63, 3.8) is 0 Å². The maximum absolute atomic E-state index is 2.63. The van der Waals surface area contributed by atoms with Crippen molar-refractivity contribution in [3.05, 3.63) is 28.8 Å². The summed E-state index contributed by atoms with van der Waals surface area (Å²) >= 11 is 0. The zero-order valence-corrected chi connectivity index (χ0v) is 9.55. The highest BCUT2D eigenvalue weighted by Gasteiger charge is 2.22. The van der Waals surface area contributed by atoms with Crippen LogP contribution in [-0.4, -0.2) is 13.1 Å². The largest absolute Gasteiger partial charge is 0.371 e. The summed E-state index contributed by atoms with van der Waals surface area (Å²) in [4.78, 5) is 2.63. The number of benzene rings is 1. The van der Waals surface area contributed by atoms with Gasteiger partial charge in [-0.25, -0.2) is 0 Å². The van der Waals surface area contributed by atoms with Gasteiger partial charge in [-0.15, -0.1) is 0 Å². The van der Waals surface area contributed by atoms with Gasteiger partial charge in [-0.1, -0.05) is 12.1 Å². The Morgan fingerprint density at radius 2 is 1.87 bits per heavy atom. The smallest absolute Gasteiger partial charge is 0.0433 e. The third kappa shape index (κ3) is 1.45. The first kappa shape index (κ1) is 9.26. The van der Waals surface area contributed by atoms with Crippen LogP contribution in [0.15, 0.2) is 12.1 Å². The van der Waals surface area contributed by atoms with Gasteiger partial charge in [-0.3, -0.25) is 0 Å². The highest BCUT2D eigenvalue weighted by Crippen LogP contribution is 2.35. The summed E-state index contributed by atoms with van der Waals surface area (Å²) in [5.41, 5.74) is 6.36. The van der Waals surface area contributed by atoms with E-state index in [2.05, 4.69) is 24.0 Å². The maximum atomic E-state index is 2.63. The average molecular weight is 201 g/mol. The van der Waals surface area contributed by atoms with E-state index in [1.54, 1.807) is 16.8 Å². The van der Waals surface area contributed by atoms with Crippen molar-refractivity contribution < 1.29 is 0 Å². The molecule has 0 radical (unpaired) electrons. The predicted molar refractivity (Wildman–Crippen MR) is 64.7 cm³/mol. The number of anilines is 1. The molecule has 1 heteroatoms. The molecule has 0 saturated heterocycles. The normalized spacial score (nSPS) is 19.7. The Balaban J connectivity index is 2.19. The van der Waals surface area contributed by atoms with E-state index < -0.39 is 0 Å². The molecule has 0 amide bonds. The molecule has 0 atom stereocenters. The van der Waals surface area contributed by atoms with Crippen LogP contribution in [0.5, 0.6) is 0 Å². The van der Waals surface area contributed by atoms with Crippen molar-refractivity contribution in [1.29, 1.82) is 0 Å². The van der Waals surface area contributed by atoms with E-state index in [-0.39, 0.29) is 0 Å². The van der Waals surface area contributed by atoms with Gasteiger partial charge in [0.05, 0.1) is 0 Å². The first-order valence-corrected chi connectivity index (χ1v) is 6.22. The third-order valence-corrected chi connectivity index (χ3v) is 3.90. The maximum Gasteiger partial charge on any atom is 0.0433 e. The van der Waals surface area contributed by atoms with Gasteiger partial charge in [0.25, 0.3) is 0 Å². The summed E-state index contributed by atoms with van der Waals surface area (Å²) in [5.74, 6) is 0. The summed E-state index contributed by atoms with van der Waals surface area (Å²) in [6, 6.07) is 4.68. The van der Waals surface area contributed by atoms with Crippen LogP contribution in [0.25, 0.3) is 0 Å². The molecule has 0 fully saturated rings. The molecule has 1 nitrogen and oxygen atoms in total. The molecule has 0 N–H and O–H groups in total. The highest BCUT2D eigenvalue weighted by molar-refractivity contribution is 5.64. The summed E-state index contributed by atoms with van der Waals surface area (Å²) in [5, 5.41) is 0. The van der Waals surface area contributed by atoms with Gasteiger partial charge >= 0.3 is 0 Å². The number of rotatable bonds is 0. The lowest BCUT2D eigenvalue weighted by atomic mass is 9.93. The molecule has 1 aromatic carbocycles. The zero-order valence-electron chi connectivity index (χ0n) is 9.55. The van der Waals surface area contributed by atoms with Gasteiger partial charge in [0.1, 0.15) is 0 Å². The van der Waals surface area contributed by atoms with Gasteiger partial charge in [-0.2, -0.15) is 0 Å². The molecule has 15 heavy (non-hydrogen) atoms. The lowest BCUT2D eigenvalue weighted by molar-refractivity contribution is 0.667. The molecule has 0 aromatic heterocycles. The van der Waals surface area contributed by atoms with Gasteiger partial charge in [0.2, 0.25) is 0 Å². The quantitative estimate of drug-likeness (QED) is 0.623. The Morgan fingerprint density at radius 1 is 1.00 bits per heavy atom. The van der Waals surface area contributed by atoms with E-state index in [0.717, 1.165) is 0 Å². The first-order chi connectivity index (χ1) is 7.36. The number of hydrogen-bond acceptors (Lipinski definition) is 1. The summed E-state index contributed by atoms with van der Waals surface area (Å²) in [7, 11) is 0. The van der Waals surface area contributed by atoms with Crippen molar-refractivity contribution in [2.45, 2.75) is 39.0 Å². The van der Waals surface area contributed by atoms with Crippen LogP contribution in [0.2, 0.25) is 0 Å². The molecule has 1 aromatic rings. The minimum atomic E-state index is 1.28. The lowest BCUT2D eigenvalue weighted by Crippen LogP contribution is -2.30. The first-order valence-electron chi connectivity index (χ1n) is 6.22. The second-order valence-electron chi connectivity index (χ2n) is 4.92. The number of nitrogens with zero attached hydrogens (tertiary/aromatic N) is 1. The van der Waals surface area contributed by atoms with E-state index >= 15 is 0 Å². The molecule has 0 unspecified atom stereocenters. The molecule has 0 spiro atoms. The van der Waals surface area contributed by atoms with E-state index in [1.807, 2.05) is 0 Å². The van der Waals surface area contributed by atoms with Crippen molar-refractivity contribution in [3.8, 4) is 0 Å². The Labute approximate surface area is 92.1 Å². The van der Waals surface area contributed by atoms with Crippen molar-refractivity contribution in [2.75, 3.05) is 18.0 Å². The Hall–Kier alpha value is -0.980. The molecule has 2 heterocycles. The van der Waals surface area contributed by atoms with Crippen LogP contribution < -0.4 is 4.90 Å². The molecule has 3 rings (SSSR count). The minimum Gasteiger partial charge on any atom is -0.371 e. The summed E-state index contributed by atoms with van der Waals surface area (Å²) in [6.07, 6.45) is 6.67. The molecule has 80 valence electrons. The van der Waals surface area contributed by atoms with E-state index in [4.69, 9.17) is 0 Å². The van der Waals surface area contributed by atoms with Crippen LogP contribution in [0, 0.1) is 6.92 Å². The van der Waals surface area contributed by atoms with E-state index in [1.165, 1.54) is 50.8 Å². The zero-order chi connectivity index (χ0) is 10.3. The fourth-order valence-electron chi connectivity index (χ4n) is 3.10. The summed E-state index contributed by atoms with van der Waals surface area (Å²) in [6.45, 7) is 4.83. The number of hydrogen-bond donors (Lipinski definition) is 0. The van der Waals surface area contributed by atoms with Crippen LogP contribution in [0.1, 0.15) is 36.0 Å². The van der Waals surface area contributed by atoms with Crippen LogP contribution >= 0.6 is 0 Å². The van der Waals surface area contributed by atoms with Crippen LogP contribution in [0.4, 0.5) is 5.69 Å². The standard InChI is InChI=1S/C14H19N/c1-11-7-8-12-5-4-10-15-9-3-2-6-13(11)14(12)15/h7-8H,2-6,9-10H2,1H3. The average Bonchev–Trinajstić information content (AvgIpc) is 2.48. The van der Waals surface area contributed by atoms with E-state index in [0.29, 0.717) is 0 Å². The fraction of sp³-hybridized carbons (Fsp3) is 0.571. The monoisotopic (exact) mass is 201 g/mol. The molecule has 2 aliphatic heterocycles. The van der Waals surface area contributed by atoms with Crippen molar-refractivity contribution in [1.82, 2.24) is 0 Å². The van der Waals surface area contributed by atoms with Crippen LogP contribution in [-0.2, 0) is 12.8 Å². The fourth-order valence-corrected chi connectivity index (χ4v) is 3.10. The Morgan fingerprint density at radius 3 is 2.80 bits per heavy atom. The van der Waals surface area contributed by atoms with Gasteiger partial charge < -0.3 is 4.90 Å². The van der Waals surface area contributed by atoms with Gasteiger partial charge in [0, 0.05) is 18.8 Å². The number of aryl methyl sites for hydroxylation is 2. The molecular weight excluding hydrogens is 182 g/mol. The molecule has 0 aliphatic carbocycles. The van der Waals surface area contributed by atoms with Gasteiger partial charge in [0.15, 0.2) is 0 Å². The van der Waals surface area contributed by atoms with Gasteiger partial charge in [-0.05, 0) is 55.7 Å².